The van der Waals surface area contributed by atoms with Crippen LogP contribution in [0.5, 0.6) is 0 Å². The molecule has 1 aliphatic carbocycles. The average Bonchev–Trinajstić information content (AvgIpc) is 2.69. The van der Waals surface area contributed by atoms with Gasteiger partial charge in [-0.3, -0.25) is 0 Å². The molecule has 0 amide bonds. The van der Waals surface area contributed by atoms with E-state index in [1.54, 1.807) is 0 Å². The minimum atomic E-state index is -0.314. The molecule has 0 N–H and O–H groups in total. The zero-order chi connectivity index (χ0) is 12.3. The number of rotatable bonds is 4. The van der Waals surface area contributed by atoms with Gasteiger partial charge in [0.05, 0.1) is 17.6 Å². The highest BCUT2D eigenvalue weighted by Gasteiger charge is 2.38. The maximum atomic E-state index is 9.52. The highest BCUT2D eigenvalue weighted by atomic mass is 16.5. The normalized spacial score (nSPS) is 22.5. The molecule has 0 radical (unpaired) electrons. The molecule has 1 aromatic rings. The number of hydrogen-bond acceptors (Lipinski definition) is 2. The van der Waals surface area contributed by atoms with Crippen LogP contribution in [0.25, 0.3) is 0 Å². The van der Waals surface area contributed by atoms with Gasteiger partial charge in [-0.25, -0.2) is 0 Å². The van der Waals surface area contributed by atoms with Gasteiger partial charge < -0.3 is 4.74 Å². The van der Waals surface area contributed by atoms with Crippen LogP contribution in [-0.4, -0.2) is 12.7 Å². The molecule has 2 rings (SSSR count). The second kappa shape index (κ2) is 4.89. The van der Waals surface area contributed by atoms with Crippen LogP contribution in [0, 0.1) is 11.3 Å². The Morgan fingerprint density at radius 3 is 2.88 bits per heavy atom. The third kappa shape index (κ3) is 2.35. The molecular formula is C15H19NO. The van der Waals surface area contributed by atoms with Gasteiger partial charge in [-0.15, -0.1) is 0 Å². The van der Waals surface area contributed by atoms with Crippen LogP contribution in [-0.2, 0) is 16.6 Å². The molecule has 0 heterocycles. The van der Waals surface area contributed by atoms with E-state index in [2.05, 4.69) is 24.3 Å². The van der Waals surface area contributed by atoms with Crippen LogP contribution in [0.1, 0.15) is 37.8 Å². The Morgan fingerprint density at radius 1 is 1.41 bits per heavy atom. The highest BCUT2D eigenvalue weighted by molar-refractivity contribution is 5.43. The van der Waals surface area contributed by atoms with Crippen molar-refractivity contribution in [3.63, 3.8) is 0 Å². The fourth-order valence-corrected chi connectivity index (χ4v) is 2.59. The van der Waals surface area contributed by atoms with E-state index in [4.69, 9.17) is 4.74 Å². The standard InChI is InChI=1S/C15H19NO/c1-12(2)17-10-9-15(11-16)8-7-13-5-3-4-6-14(13)15/h3-6,12H,7-10H2,1-2H3. The molecule has 0 fully saturated rings. The molecule has 1 unspecified atom stereocenters. The van der Waals surface area contributed by atoms with E-state index >= 15 is 0 Å². The number of nitrogens with zero attached hydrogens (tertiary/aromatic N) is 1. The molecule has 0 bridgehead atoms. The van der Waals surface area contributed by atoms with E-state index in [0.29, 0.717) is 6.61 Å². The second-order valence-electron chi connectivity index (χ2n) is 5.02. The largest absolute Gasteiger partial charge is 0.379 e. The van der Waals surface area contributed by atoms with Gasteiger partial charge in [0.1, 0.15) is 0 Å². The van der Waals surface area contributed by atoms with Crippen molar-refractivity contribution in [1.82, 2.24) is 0 Å². The minimum Gasteiger partial charge on any atom is -0.379 e. The Balaban J connectivity index is 2.15. The lowest BCUT2D eigenvalue weighted by atomic mass is 9.80. The van der Waals surface area contributed by atoms with Crippen molar-refractivity contribution < 1.29 is 4.74 Å². The van der Waals surface area contributed by atoms with E-state index < -0.39 is 0 Å². The monoisotopic (exact) mass is 229 g/mol. The number of benzene rings is 1. The third-order valence-electron chi connectivity index (χ3n) is 3.55. The zero-order valence-corrected chi connectivity index (χ0v) is 10.6. The van der Waals surface area contributed by atoms with Crippen molar-refractivity contribution in [3.05, 3.63) is 35.4 Å². The van der Waals surface area contributed by atoms with Crippen LogP contribution >= 0.6 is 0 Å². The Hall–Kier alpha value is -1.33. The number of ether oxygens (including phenoxy) is 1. The highest BCUT2D eigenvalue weighted by Crippen LogP contribution is 2.41. The molecular weight excluding hydrogens is 210 g/mol. The summed E-state index contributed by atoms with van der Waals surface area (Å²) in [6, 6.07) is 10.8. The minimum absolute atomic E-state index is 0.238. The summed E-state index contributed by atoms with van der Waals surface area (Å²) in [7, 11) is 0. The maximum absolute atomic E-state index is 9.52. The third-order valence-corrected chi connectivity index (χ3v) is 3.55. The summed E-state index contributed by atoms with van der Waals surface area (Å²) in [5.74, 6) is 0. The Kier molecular flexibility index (Phi) is 3.49. The number of fused-ring (bicyclic) bond motifs is 1. The van der Waals surface area contributed by atoms with Gasteiger partial charge >= 0.3 is 0 Å². The maximum Gasteiger partial charge on any atom is 0.0850 e. The van der Waals surface area contributed by atoms with Gasteiger partial charge in [0.25, 0.3) is 0 Å². The molecule has 2 nitrogen and oxygen atoms in total. The van der Waals surface area contributed by atoms with E-state index in [0.717, 1.165) is 19.3 Å². The summed E-state index contributed by atoms with van der Waals surface area (Å²) >= 11 is 0. The lowest BCUT2D eigenvalue weighted by Crippen LogP contribution is -2.23. The molecule has 0 spiro atoms. The molecule has 0 saturated carbocycles. The summed E-state index contributed by atoms with van der Waals surface area (Å²) in [4.78, 5) is 0. The SMILES string of the molecule is CC(C)OCCC1(C#N)CCc2ccccc21. The molecule has 2 heteroatoms. The van der Waals surface area contributed by atoms with Crippen molar-refractivity contribution in [2.75, 3.05) is 6.61 Å². The van der Waals surface area contributed by atoms with Crippen molar-refractivity contribution in [2.24, 2.45) is 0 Å². The Bertz CT molecular complexity index is 433. The van der Waals surface area contributed by atoms with Crippen molar-refractivity contribution in [2.45, 2.75) is 44.6 Å². The van der Waals surface area contributed by atoms with E-state index in [-0.39, 0.29) is 11.5 Å². The van der Waals surface area contributed by atoms with Gasteiger partial charge in [0.15, 0.2) is 0 Å². The predicted molar refractivity (Wildman–Crippen MR) is 67.8 cm³/mol. The first kappa shape index (κ1) is 12.1. The zero-order valence-electron chi connectivity index (χ0n) is 10.6. The quantitative estimate of drug-likeness (QED) is 0.794. The molecule has 90 valence electrons. The molecule has 1 atom stereocenters. The predicted octanol–water partition coefficient (Wildman–Crippen LogP) is 3.21. The summed E-state index contributed by atoms with van der Waals surface area (Å²) < 4.78 is 5.59. The van der Waals surface area contributed by atoms with Gasteiger partial charge in [-0.2, -0.15) is 5.26 Å². The number of hydrogen-bond donors (Lipinski definition) is 0. The summed E-state index contributed by atoms with van der Waals surface area (Å²) in [6.07, 6.45) is 3.00. The molecule has 1 aliphatic rings. The number of aryl methyl sites for hydroxylation is 1. The van der Waals surface area contributed by atoms with Crippen LogP contribution in [0.3, 0.4) is 0 Å². The van der Waals surface area contributed by atoms with Crippen molar-refractivity contribution in [3.8, 4) is 6.07 Å². The van der Waals surface area contributed by atoms with E-state index in [1.165, 1.54) is 11.1 Å². The lowest BCUT2D eigenvalue weighted by Gasteiger charge is -2.22. The van der Waals surface area contributed by atoms with E-state index in [1.807, 2.05) is 19.9 Å². The second-order valence-corrected chi connectivity index (χ2v) is 5.02. The van der Waals surface area contributed by atoms with Gasteiger partial charge in [-0.1, -0.05) is 24.3 Å². The fourth-order valence-electron chi connectivity index (χ4n) is 2.59. The van der Waals surface area contributed by atoms with Crippen LogP contribution in [0.2, 0.25) is 0 Å². The summed E-state index contributed by atoms with van der Waals surface area (Å²) in [5, 5.41) is 9.52. The first-order valence-corrected chi connectivity index (χ1v) is 6.29. The van der Waals surface area contributed by atoms with E-state index in [9.17, 15) is 5.26 Å². The van der Waals surface area contributed by atoms with Crippen molar-refractivity contribution in [1.29, 1.82) is 5.26 Å². The van der Waals surface area contributed by atoms with Crippen LogP contribution in [0.4, 0.5) is 0 Å². The molecule has 17 heavy (non-hydrogen) atoms. The topological polar surface area (TPSA) is 33.0 Å². The van der Waals surface area contributed by atoms with Crippen LogP contribution in [0.15, 0.2) is 24.3 Å². The number of nitriles is 1. The van der Waals surface area contributed by atoms with Gasteiger partial charge in [-0.05, 0) is 44.2 Å². The smallest absolute Gasteiger partial charge is 0.0850 e. The lowest BCUT2D eigenvalue weighted by molar-refractivity contribution is 0.0687. The first-order chi connectivity index (χ1) is 8.18. The van der Waals surface area contributed by atoms with Gasteiger partial charge in [0, 0.05) is 6.61 Å². The van der Waals surface area contributed by atoms with Crippen molar-refractivity contribution >= 4 is 0 Å². The summed E-state index contributed by atoms with van der Waals surface area (Å²) in [6.45, 7) is 4.73. The molecule has 0 saturated heterocycles. The molecule has 1 aromatic carbocycles. The summed E-state index contributed by atoms with van der Waals surface area (Å²) in [5.41, 5.74) is 2.24. The van der Waals surface area contributed by atoms with Gasteiger partial charge in [0.2, 0.25) is 0 Å². The molecule has 0 aromatic heterocycles. The molecule has 0 aliphatic heterocycles. The average molecular weight is 229 g/mol. The van der Waals surface area contributed by atoms with Crippen LogP contribution < -0.4 is 0 Å². The Labute approximate surface area is 103 Å². The fraction of sp³-hybridized carbons (Fsp3) is 0.533. The Morgan fingerprint density at radius 2 is 2.18 bits per heavy atom. The first-order valence-electron chi connectivity index (χ1n) is 6.29.